The van der Waals surface area contributed by atoms with Crippen molar-refractivity contribution in [1.82, 2.24) is 0 Å². The molecule has 0 N–H and O–H groups in total. The average Bonchev–Trinajstić information content (AvgIpc) is 3.11. The Morgan fingerprint density at radius 3 is 1.22 bits per heavy atom. The smallest absolute Gasteiger partial charge is 0.333 e. The quantitative estimate of drug-likeness (QED) is 0.0625. The van der Waals surface area contributed by atoms with Gasteiger partial charge in [0, 0.05) is 35.6 Å². The number of allylic oxidation sites excluding steroid dienone is 2. The molecule has 2 aromatic carbocycles. The van der Waals surface area contributed by atoms with Gasteiger partial charge in [0.15, 0.2) is 0 Å². The predicted octanol–water partition coefficient (Wildman–Crippen LogP) is 7.05. The molecule has 10 heteroatoms. The number of ether oxygens (including phenoxy) is 2. The van der Waals surface area contributed by atoms with Gasteiger partial charge < -0.3 is 19.3 Å². The summed E-state index contributed by atoms with van der Waals surface area (Å²) in [5, 5.41) is 36.2. The van der Waals surface area contributed by atoms with E-state index in [1.54, 1.807) is 13.8 Å². The van der Waals surface area contributed by atoms with Crippen LogP contribution in [0.4, 0.5) is 11.4 Å². The summed E-state index contributed by atoms with van der Waals surface area (Å²) in [6.07, 6.45) is 7.92. The van der Waals surface area contributed by atoms with Crippen molar-refractivity contribution in [3.05, 3.63) is 95.1 Å². The fourth-order valence-corrected chi connectivity index (χ4v) is 4.69. The molecule has 49 heavy (non-hydrogen) atoms. The topological polar surface area (TPSA) is 154 Å². The third-order valence-electron chi connectivity index (χ3n) is 7.36. The highest BCUT2D eigenvalue weighted by Crippen LogP contribution is 2.20. The summed E-state index contributed by atoms with van der Waals surface area (Å²) >= 11 is 0. The van der Waals surface area contributed by atoms with E-state index in [1.807, 2.05) is 72.8 Å². The molecular formula is C39H42N6O4. The number of hydrogen-bond acceptors (Lipinski definition) is 10. The summed E-state index contributed by atoms with van der Waals surface area (Å²) in [6, 6.07) is 22.6. The van der Waals surface area contributed by atoms with Crippen molar-refractivity contribution in [1.29, 1.82) is 21.0 Å². The highest BCUT2D eigenvalue weighted by molar-refractivity contribution is 5.87. The Morgan fingerprint density at radius 1 is 0.592 bits per heavy atom. The second-order valence-corrected chi connectivity index (χ2v) is 11.3. The largest absolute Gasteiger partial charge is 0.460 e. The van der Waals surface area contributed by atoms with E-state index in [0.717, 1.165) is 67.7 Å². The molecule has 2 aromatic rings. The number of anilines is 2. The maximum atomic E-state index is 11.9. The van der Waals surface area contributed by atoms with Crippen LogP contribution in [0.15, 0.2) is 84.0 Å². The van der Waals surface area contributed by atoms with Crippen molar-refractivity contribution in [2.24, 2.45) is 0 Å². The van der Waals surface area contributed by atoms with Gasteiger partial charge in [0.2, 0.25) is 0 Å². The van der Waals surface area contributed by atoms with Crippen molar-refractivity contribution in [3.63, 3.8) is 0 Å². The van der Waals surface area contributed by atoms with E-state index in [0.29, 0.717) is 24.2 Å². The van der Waals surface area contributed by atoms with Crippen molar-refractivity contribution in [2.45, 2.75) is 46.0 Å². The van der Waals surface area contributed by atoms with Gasteiger partial charge in [-0.15, -0.1) is 0 Å². The predicted molar refractivity (Wildman–Crippen MR) is 190 cm³/mol. The van der Waals surface area contributed by atoms with E-state index in [2.05, 4.69) is 23.0 Å². The monoisotopic (exact) mass is 658 g/mol. The van der Waals surface area contributed by atoms with Crippen LogP contribution in [0.25, 0.3) is 12.2 Å². The van der Waals surface area contributed by atoms with Crippen LogP contribution in [0, 0.1) is 45.3 Å². The van der Waals surface area contributed by atoms with Crippen molar-refractivity contribution in [3.8, 4) is 24.3 Å². The normalized spacial score (nSPS) is 9.76. The van der Waals surface area contributed by atoms with Crippen LogP contribution >= 0.6 is 0 Å². The summed E-state index contributed by atoms with van der Waals surface area (Å²) in [6.45, 7) is 13.4. The average molecular weight is 659 g/mol. The molecule has 0 heterocycles. The molecule has 0 aromatic heterocycles. The second kappa shape index (κ2) is 21.6. The van der Waals surface area contributed by atoms with E-state index in [9.17, 15) is 9.59 Å². The molecule has 0 saturated heterocycles. The molecular weight excluding hydrogens is 616 g/mol. The van der Waals surface area contributed by atoms with Gasteiger partial charge in [0.05, 0.1) is 13.1 Å². The number of hydrogen-bond donors (Lipinski definition) is 0. The Kier molecular flexibility index (Phi) is 17.3. The molecule has 0 aliphatic carbocycles. The first kappa shape index (κ1) is 39.1. The minimum Gasteiger partial charge on any atom is -0.460 e. The number of nitrogens with zero attached hydrogens (tertiary/aromatic N) is 6. The highest BCUT2D eigenvalue weighted by atomic mass is 16.5. The zero-order chi connectivity index (χ0) is 36.0. The molecule has 10 nitrogen and oxygen atoms in total. The Morgan fingerprint density at radius 2 is 0.918 bits per heavy atom. The zero-order valence-electron chi connectivity index (χ0n) is 28.3. The third kappa shape index (κ3) is 14.5. The Hall–Kier alpha value is -6.10. The van der Waals surface area contributed by atoms with Gasteiger partial charge in [-0.2, -0.15) is 21.0 Å². The number of carbonyl (C=O) groups is 2. The number of unbranched alkanes of at least 4 members (excludes halogenated alkanes) is 4. The summed E-state index contributed by atoms with van der Waals surface area (Å²) in [4.78, 5) is 28.1. The lowest BCUT2D eigenvalue weighted by molar-refractivity contribution is -0.139. The molecule has 0 unspecified atom stereocenters. The number of esters is 2. The standard InChI is InChI=1S/C39H42N6O4/c1-30(2)38(46)48-22-20-44(36-14-10-32(11-15-36)24-34(26-40)27-41)18-8-6-5-7-9-19-45(21-23-49-39(47)31(3)4)37-16-12-33(13-17-37)25-35(28-42)29-43/h10-17,24-25H,1,3,5-9,18-23H2,2,4H3. The van der Waals surface area contributed by atoms with Gasteiger partial charge in [0.25, 0.3) is 0 Å². The molecule has 252 valence electrons. The van der Waals surface area contributed by atoms with Gasteiger partial charge in [-0.3, -0.25) is 0 Å². The third-order valence-corrected chi connectivity index (χ3v) is 7.36. The van der Waals surface area contributed by atoms with Crippen LogP contribution in [-0.4, -0.2) is 51.3 Å². The van der Waals surface area contributed by atoms with Crippen LogP contribution in [-0.2, 0) is 19.1 Å². The molecule has 0 aliphatic rings. The summed E-state index contributed by atoms with van der Waals surface area (Å²) in [7, 11) is 0. The van der Waals surface area contributed by atoms with E-state index in [4.69, 9.17) is 30.5 Å². The Bertz CT molecular complexity index is 1520. The number of rotatable bonds is 20. The van der Waals surface area contributed by atoms with Gasteiger partial charge >= 0.3 is 11.9 Å². The molecule has 0 radical (unpaired) electrons. The van der Waals surface area contributed by atoms with Crippen LogP contribution in [0.3, 0.4) is 0 Å². The first-order valence-electron chi connectivity index (χ1n) is 16.0. The first-order valence-corrected chi connectivity index (χ1v) is 16.0. The van der Waals surface area contributed by atoms with E-state index in [1.165, 1.54) is 12.2 Å². The van der Waals surface area contributed by atoms with Gasteiger partial charge in [0.1, 0.15) is 48.6 Å². The van der Waals surface area contributed by atoms with Crippen molar-refractivity contribution < 1.29 is 19.1 Å². The fraction of sp³-hybridized carbons (Fsp3) is 0.333. The zero-order valence-corrected chi connectivity index (χ0v) is 28.3. The van der Waals surface area contributed by atoms with Crippen LogP contribution in [0.5, 0.6) is 0 Å². The lowest BCUT2D eigenvalue weighted by Crippen LogP contribution is -2.29. The Balaban J connectivity index is 1.97. The molecule has 0 fully saturated rings. The SMILES string of the molecule is C=C(C)C(=O)OCCN(CCCCCCCN(CCOC(=O)C(=C)C)c1ccc(C=C(C#N)C#N)cc1)c1ccc(C=C(C#N)C#N)cc1. The molecule has 0 amide bonds. The highest BCUT2D eigenvalue weighted by Gasteiger charge is 2.11. The number of benzene rings is 2. The van der Waals surface area contributed by atoms with Crippen LogP contribution in [0.2, 0.25) is 0 Å². The van der Waals surface area contributed by atoms with E-state index < -0.39 is 11.9 Å². The number of carbonyl (C=O) groups excluding carboxylic acids is 2. The van der Waals surface area contributed by atoms with Crippen LogP contribution in [0.1, 0.15) is 57.1 Å². The van der Waals surface area contributed by atoms with Crippen molar-refractivity contribution >= 4 is 35.5 Å². The molecule has 0 saturated carbocycles. The van der Waals surface area contributed by atoms with E-state index in [-0.39, 0.29) is 24.4 Å². The fourth-order valence-electron chi connectivity index (χ4n) is 4.69. The molecule has 0 atom stereocenters. The summed E-state index contributed by atoms with van der Waals surface area (Å²) in [5.41, 5.74) is 4.14. The maximum absolute atomic E-state index is 11.9. The molecule has 0 spiro atoms. The molecule has 0 bridgehead atoms. The maximum Gasteiger partial charge on any atom is 0.333 e. The molecule has 0 aliphatic heterocycles. The number of nitriles is 4. The minimum atomic E-state index is -0.427. The Labute approximate surface area is 289 Å². The molecule has 2 rings (SSSR count). The summed E-state index contributed by atoms with van der Waals surface area (Å²) < 4.78 is 10.7. The van der Waals surface area contributed by atoms with Crippen molar-refractivity contribution in [2.75, 3.05) is 49.2 Å². The van der Waals surface area contributed by atoms with Gasteiger partial charge in [-0.25, -0.2) is 9.59 Å². The minimum absolute atomic E-state index is 0.0306. The van der Waals surface area contributed by atoms with Gasteiger partial charge in [-0.1, -0.05) is 56.7 Å². The van der Waals surface area contributed by atoms with Crippen LogP contribution < -0.4 is 9.80 Å². The summed E-state index contributed by atoms with van der Waals surface area (Å²) in [5.74, 6) is -0.854. The lowest BCUT2D eigenvalue weighted by Gasteiger charge is -2.25. The van der Waals surface area contributed by atoms with E-state index >= 15 is 0 Å². The lowest BCUT2D eigenvalue weighted by atomic mass is 10.1. The van der Waals surface area contributed by atoms with Gasteiger partial charge in [-0.05, 0) is 74.2 Å². The first-order chi connectivity index (χ1) is 23.6. The second-order valence-electron chi connectivity index (χ2n) is 11.3.